The number of nitrogens with one attached hydrogen (secondary N) is 1. The van der Waals surface area contributed by atoms with Crippen LogP contribution in [-0.2, 0) is 0 Å². The van der Waals surface area contributed by atoms with Crippen molar-refractivity contribution in [3.8, 4) is 5.75 Å². The molecule has 2 aromatic carbocycles. The molecule has 2 heteroatoms. The van der Waals surface area contributed by atoms with Crippen LogP contribution in [0.25, 0.3) is 0 Å². The molecule has 0 aromatic heterocycles. The largest absolute Gasteiger partial charge is 0.485 e. The van der Waals surface area contributed by atoms with E-state index in [-0.39, 0.29) is 6.10 Å². The zero-order valence-electron chi connectivity index (χ0n) is 12.5. The predicted molar refractivity (Wildman–Crippen MR) is 84.1 cm³/mol. The molecule has 0 aliphatic carbocycles. The van der Waals surface area contributed by atoms with Gasteiger partial charge in [0.05, 0.1) is 0 Å². The van der Waals surface area contributed by atoms with Crippen LogP contribution in [0.2, 0.25) is 0 Å². The lowest BCUT2D eigenvalue weighted by Gasteiger charge is -2.26. The molecule has 0 amide bonds. The molecule has 2 unspecified atom stereocenters. The highest BCUT2D eigenvalue weighted by atomic mass is 16.5. The maximum absolute atomic E-state index is 6.31. The van der Waals surface area contributed by atoms with E-state index in [2.05, 4.69) is 49.5 Å². The van der Waals surface area contributed by atoms with E-state index in [4.69, 9.17) is 4.74 Å². The van der Waals surface area contributed by atoms with Gasteiger partial charge in [-0.25, -0.2) is 0 Å². The molecule has 0 spiro atoms. The van der Waals surface area contributed by atoms with Gasteiger partial charge in [0.1, 0.15) is 11.9 Å². The molecule has 0 bridgehead atoms. The van der Waals surface area contributed by atoms with Gasteiger partial charge in [0.15, 0.2) is 0 Å². The Hall–Kier alpha value is -1.80. The van der Waals surface area contributed by atoms with Crippen LogP contribution >= 0.6 is 0 Å². The maximum Gasteiger partial charge on any atom is 0.127 e. The van der Waals surface area contributed by atoms with Gasteiger partial charge >= 0.3 is 0 Å². The number of benzene rings is 2. The summed E-state index contributed by atoms with van der Waals surface area (Å²) in [7, 11) is 1.98. The monoisotopic (exact) mass is 269 g/mol. The SMILES string of the molecule is CNCC(C)C(Oc1ccccc1C)c1ccccc1. The maximum atomic E-state index is 6.31. The topological polar surface area (TPSA) is 21.3 Å². The van der Waals surface area contributed by atoms with Crippen molar-refractivity contribution in [3.63, 3.8) is 0 Å². The Morgan fingerprint density at radius 2 is 1.65 bits per heavy atom. The third-order valence-electron chi connectivity index (χ3n) is 3.52. The van der Waals surface area contributed by atoms with Gasteiger partial charge in [-0.1, -0.05) is 55.5 Å². The van der Waals surface area contributed by atoms with Crippen molar-refractivity contribution in [1.29, 1.82) is 0 Å². The van der Waals surface area contributed by atoms with Crippen molar-refractivity contribution >= 4 is 0 Å². The number of rotatable bonds is 6. The second-order valence-corrected chi connectivity index (χ2v) is 5.25. The summed E-state index contributed by atoms with van der Waals surface area (Å²) in [6, 6.07) is 18.6. The summed E-state index contributed by atoms with van der Waals surface area (Å²) in [6.45, 7) is 5.22. The van der Waals surface area contributed by atoms with Crippen molar-refractivity contribution in [1.82, 2.24) is 5.32 Å². The van der Waals surface area contributed by atoms with E-state index < -0.39 is 0 Å². The Bertz CT molecular complexity index is 524. The summed E-state index contributed by atoms with van der Waals surface area (Å²) in [5.41, 5.74) is 2.39. The molecule has 0 aliphatic heterocycles. The Labute approximate surface area is 121 Å². The highest BCUT2D eigenvalue weighted by Gasteiger charge is 2.21. The molecule has 2 aromatic rings. The average molecular weight is 269 g/mol. The summed E-state index contributed by atoms with van der Waals surface area (Å²) >= 11 is 0. The summed E-state index contributed by atoms with van der Waals surface area (Å²) in [5, 5.41) is 3.24. The minimum Gasteiger partial charge on any atom is -0.485 e. The first-order valence-corrected chi connectivity index (χ1v) is 7.14. The third kappa shape index (κ3) is 3.61. The predicted octanol–water partition coefficient (Wildman–Crippen LogP) is 3.97. The average Bonchev–Trinajstić information content (AvgIpc) is 2.47. The fourth-order valence-corrected chi connectivity index (χ4v) is 2.41. The second kappa shape index (κ2) is 7.11. The van der Waals surface area contributed by atoms with Crippen molar-refractivity contribution < 1.29 is 4.74 Å². The molecule has 0 heterocycles. The lowest BCUT2D eigenvalue weighted by molar-refractivity contribution is 0.143. The van der Waals surface area contributed by atoms with E-state index in [1.165, 1.54) is 11.1 Å². The van der Waals surface area contributed by atoms with Crippen molar-refractivity contribution in [3.05, 3.63) is 65.7 Å². The van der Waals surface area contributed by atoms with Gasteiger partial charge in [0, 0.05) is 12.5 Å². The number of hydrogen-bond donors (Lipinski definition) is 1. The quantitative estimate of drug-likeness (QED) is 0.856. The van der Waals surface area contributed by atoms with Gasteiger partial charge in [-0.05, 0) is 31.2 Å². The van der Waals surface area contributed by atoms with Gasteiger partial charge in [-0.15, -0.1) is 0 Å². The van der Waals surface area contributed by atoms with Crippen LogP contribution in [-0.4, -0.2) is 13.6 Å². The molecular weight excluding hydrogens is 246 g/mol. The first-order valence-electron chi connectivity index (χ1n) is 7.14. The molecule has 0 saturated heterocycles. The second-order valence-electron chi connectivity index (χ2n) is 5.25. The van der Waals surface area contributed by atoms with Crippen molar-refractivity contribution in [2.45, 2.75) is 20.0 Å². The smallest absolute Gasteiger partial charge is 0.127 e. The molecule has 20 heavy (non-hydrogen) atoms. The minimum atomic E-state index is 0.0600. The van der Waals surface area contributed by atoms with E-state index in [9.17, 15) is 0 Å². The van der Waals surface area contributed by atoms with Crippen molar-refractivity contribution in [2.75, 3.05) is 13.6 Å². The summed E-state index contributed by atoms with van der Waals surface area (Å²) < 4.78 is 6.31. The highest BCUT2D eigenvalue weighted by Crippen LogP contribution is 2.29. The van der Waals surface area contributed by atoms with Crippen molar-refractivity contribution in [2.24, 2.45) is 5.92 Å². The Balaban J connectivity index is 2.26. The lowest BCUT2D eigenvalue weighted by Crippen LogP contribution is -2.26. The molecule has 1 N–H and O–H groups in total. The lowest BCUT2D eigenvalue weighted by atomic mass is 9.97. The summed E-state index contributed by atoms with van der Waals surface area (Å²) in [6.07, 6.45) is 0.0600. The van der Waals surface area contributed by atoms with Crippen LogP contribution in [0.4, 0.5) is 0 Å². The van der Waals surface area contributed by atoms with Gasteiger partial charge in [0.25, 0.3) is 0 Å². The zero-order valence-corrected chi connectivity index (χ0v) is 12.5. The number of aryl methyl sites for hydroxylation is 1. The van der Waals surface area contributed by atoms with Gasteiger partial charge in [-0.3, -0.25) is 0 Å². The number of ether oxygens (including phenoxy) is 1. The zero-order chi connectivity index (χ0) is 14.4. The molecule has 0 saturated carbocycles. The third-order valence-corrected chi connectivity index (χ3v) is 3.52. The Morgan fingerprint density at radius 3 is 2.30 bits per heavy atom. The normalized spacial score (nSPS) is 13.8. The van der Waals surface area contributed by atoms with Crippen LogP contribution in [0.15, 0.2) is 54.6 Å². The Morgan fingerprint density at radius 1 is 1.00 bits per heavy atom. The fraction of sp³-hybridized carbons (Fsp3) is 0.333. The molecule has 0 radical (unpaired) electrons. The highest BCUT2D eigenvalue weighted by molar-refractivity contribution is 5.33. The summed E-state index contributed by atoms with van der Waals surface area (Å²) in [4.78, 5) is 0. The van der Waals surface area contributed by atoms with Gasteiger partial charge < -0.3 is 10.1 Å². The minimum absolute atomic E-state index is 0.0600. The van der Waals surface area contributed by atoms with Gasteiger partial charge in [0.2, 0.25) is 0 Å². The molecule has 0 fully saturated rings. The molecular formula is C18H23NO. The first kappa shape index (κ1) is 14.6. The summed E-state index contributed by atoms with van der Waals surface area (Å²) in [5.74, 6) is 1.35. The van der Waals surface area contributed by atoms with E-state index in [1.54, 1.807) is 0 Å². The van der Waals surface area contributed by atoms with E-state index in [0.29, 0.717) is 5.92 Å². The molecule has 2 atom stereocenters. The van der Waals surface area contributed by atoms with Crippen LogP contribution in [0.5, 0.6) is 5.75 Å². The van der Waals surface area contributed by atoms with Crippen LogP contribution in [0.3, 0.4) is 0 Å². The van der Waals surface area contributed by atoms with Crippen LogP contribution in [0, 0.1) is 12.8 Å². The van der Waals surface area contributed by atoms with E-state index in [1.807, 2.05) is 31.3 Å². The van der Waals surface area contributed by atoms with E-state index >= 15 is 0 Å². The fourth-order valence-electron chi connectivity index (χ4n) is 2.41. The molecule has 2 rings (SSSR count). The molecule has 0 aliphatic rings. The van der Waals surface area contributed by atoms with Crippen LogP contribution < -0.4 is 10.1 Å². The molecule has 106 valence electrons. The van der Waals surface area contributed by atoms with Crippen LogP contribution in [0.1, 0.15) is 24.2 Å². The standard InChI is InChI=1S/C18H23NO/c1-14-9-7-8-12-17(14)20-18(15(2)13-19-3)16-10-5-4-6-11-16/h4-12,15,18-19H,13H2,1-3H3. The first-order chi connectivity index (χ1) is 9.72. The number of hydrogen-bond acceptors (Lipinski definition) is 2. The molecule has 2 nitrogen and oxygen atoms in total. The van der Waals surface area contributed by atoms with Gasteiger partial charge in [-0.2, -0.15) is 0 Å². The van der Waals surface area contributed by atoms with E-state index in [0.717, 1.165) is 12.3 Å². The number of para-hydroxylation sites is 1. The Kier molecular flexibility index (Phi) is 5.19.